The fraction of sp³-hybridized carbons (Fsp3) is 0.455. The average Bonchev–Trinajstić information content (AvgIpc) is 3.25. The Kier molecular flexibility index (Phi) is 7.37. The van der Waals surface area contributed by atoms with Gasteiger partial charge in [-0.3, -0.25) is 4.79 Å². The van der Waals surface area contributed by atoms with Gasteiger partial charge in [0.1, 0.15) is 5.76 Å². The van der Waals surface area contributed by atoms with E-state index in [1.165, 1.54) is 31.4 Å². The lowest BCUT2D eigenvalue weighted by Crippen LogP contribution is -2.51. The van der Waals surface area contributed by atoms with Crippen LogP contribution in [0.4, 0.5) is 0 Å². The van der Waals surface area contributed by atoms with Crippen molar-refractivity contribution in [1.29, 1.82) is 0 Å². The number of nitrogens with zero attached hydrogens (tertiary/aromatic N) is 1. The molecular formula is C22H28N2O7S. The van der Waals surface area contributed by atoms with Crippen LogP contribution in [0.15, 0.2) is 45.9 Å². The van der Waals surface area contributed by atoms with Crippen molar-refractivity contribution < 1.29 is 31.9 Å². The third-order valence-corrected chi connectivity index (χ3v) is 6.52. The van der Waals surface area contributed by atoms with Crippen molar-refractivity contribution in [3.8, 4) is 0 Å². The average molecular weight is 465 g/mol. The van der Waals surface area contributed by atoms with E-state index in [1.54, 1.807) is 24.0 Å². The van der Waals surface area contributed by atoms with Gasteiger partial charge in [0.25, 0.3) is 5.91 Å². The number of esters is 1. The maximum absolute atomic E-state index is 12.8. The smallest absolute Gasteiger partial charge is 0.339 e. The zero-order valence-corrected chi connectivity index (χ0v) is 19.3. The number of rotatable bonds is 7. The molecule has 3 atom stereocenters. The number of hydrogen-bond acceptors (Lipinski definition) is 7. The van der Waals surface area contributed by atoms with Crippen LogP contribution >= 0.6 is 0 Å². The summed E-state index contributed by atoms with van der Waals surface area (Å²) in [6.07, 6.45) is 0.216. The third-order valence-electron chi connectivity index (χ3n) is 5.12. The van der Waals surface area contributed by atoms with E-state index in [-0.39, 0.29) is 35.1 Å². The number of aryl methyl sites for hydroxylation is 1. The molecule has 0 aliphatic carbocycles. The second-order valence-corrected chi connectivity index (χ2v) is 9.70. The van der Waals surface area contributed by atoms with Crippen molar-refractivity contribution >= 4 is 21.9 Å². The number of furan rings is 1. The van der Waals surface area contributed by atoms with E-state index < -0.39 is 22.1 Å². The van der Waals surface area contributed by atoms with Crippen LogP contribution in [-0.4, -0.2) is 56.6 Å². The molecule has 174 valence electrons. The molecule has 0 bridgehead atoms. The highest BCUT2D eigenvalue weighted by molar-refractivity contribution is 7.89. The second kappa shape index (κ2) is 9.85. The third kappa shape index (κ3) is 5.76. The minimum absolute atomic E-state index is 0.0229. The first-order valence-corrected chi connectivity index (χ1v) is 11.8. The number of ether oxygens (including phenoxy) is 2. The molecule has 1 aliphatic heterocycles. The molecular weight excluding hydrogens is 436 g/mol. The van der Waals surface area contributed by atoms with Gasteiger partial charge in [-0.25, -0.2) is 17.9 Å². The molecule has 10 heteroatoms. The Morgan fingerprint density at radius 2 is 1.91 bits per heavy atom. The summed E-state index contributed by atoms with van der Waals surface area (Å²) in [5, 5.41) is 0. The van der Waals surface area contributed by atoms with Gasteiger partial charge < -0.3 is 18.8 Å². The number of amides is 1. The summed E-state index contributed by atoms with van der Waals surface area (Å²) >= 11 is 0. The molecule has 1 saturated heterocycles. The van der Waals surface area contributed by atoms with Gasteiger partial charge in [-0.05, 0) is 57.5 Å². The topological polar surface area (TPSA) is 115 Å². The Balaban J connectivity index is 1.70. The van der Waals surface area contributed by atoms with Crippen LogP contribution in [0.1, 0.15) is 42.5 Å². The zero-order chi connectivity index (χ0) is 23.5. The summed E-state index contributed by atoms with van der Waals surface area (Å²) in [5.74, 6) is -0.623. The number of carbonyl (C=O) groups is 2. The van der Waals surface area contributed by atoms with Gasteiger partial charge in [0.2, 0.25) is 10.0 Å². The van der Waals surface area contributed by atoms with Crippen LogP contribution in [0.3, 0.4) is 0 Å². The zero-order valence-electron chi connectivity index (χ0n) is 18.5. The second-order valence-electron chi connectivity index (χ2n) is 7.93. The molecule has 1 aromatic carbocycles. The molecule has 1 fully saturated rings. The van der Waals surface area contributed by atoms with Gasteiger partial charge in [-0.15, -0.1) is 0 Å². The monoisotopic (exact) mass is 464 g/mol. The highest BCUT2D eigenvalue weighted by Gasteiger charge is 2.31. The van der Waals surface area contributed by atoms with Crippen molar-refractivity contribution in [2.24, 2.45) is 0 Å². The Morgan fingerprint density at radius 1 is 1.22 bits per heavy atom. The van der Waals surface area contributed by atoms with E-state index in [0.29, 0.717) is 24.4 Å². The quantitative estimate of drug-likeness (QED) is 0.625. The van der Waals surface area contributed by atoms with Gasteiger partial charge in [0, 0.05) is 13.1 Å². The van der Waals surface area contributed by atoms with Crippen molar-refractivity contribution in [1.82, 2.24) is 9.62 Å². The van der Waals surface area contributed by atoms with Crippen LogP contribution in [-0.2, 0) is 30.8 Å². The summed E-state index contributed by atoms with van der Waals surface area (Å²) < 4.78 is 43.8. The minimum Gasteiger partial charge on any atom is -0.468 e. The summed E-state index contributed by atoms with van der Waals surface area (Å²) in [5.41, 5.74) is 0.613. The largest absolute Gasteiger partial charge is 0.468 e. The normalized spacial score (nSPS) is 20.1. The number of hydrogen-bond donors (Lipinski definition) is 1. The van der Waals surface area contributed by atoms with Crippen molar-refractivity contribution in [2.75, 3.05) is 13.1 Å². The Morgan fingerprint density at radius 3 is 2.53 bits per heavy atom. The number of carbonyl (C=O) groups excluding carboxylic acids is 2. The molecule has 1 aromatic heterocycles. The fourth-order valence-corrected chi connectivity index (χ4v) is 4.56. The lowest BCUT2D eigenvalue weighted by molar-refractivity contribution is -0.151. The number of sulfonamides is 1. The van der Waals surface area contributed by atoms with E-state index in [4.69, 9.17) is 13.9 Å². The molecule has 2 heterocycles. The van der Waals surface area contributed by atoms with Crippen LogP contribution < -0.4 is 4.72 Å². The molecule has 3 rings (SSSR count). The van der Waals surface area contributed by atoms with Crippen molar-refractivity contribution in [3.05, 3.63) is 53.5 Å². The molecule has 32 heavy (non-hydrogen) atoms. The van der Waals surface area contributed by atoms with E-state index >= 15 is 0 Å². The number of benzene rings is 1. The lowest BCUT2D eigenvalue weighted by atomic mass is 10.1. The van der Waals surface area contributed by atoms with Crippen molar-refractivity contribution in [3.63, 3.8) is 0 Å². The van der Waals surface area contributed by atoms with Gasteiger partial charge in [-0.1, -0.05) is 6.07 Å². The van der Waals surface area contributed by atoms with Crippen LogP contribution in [0.25, 0.3) is 0 Å². The van der Waals surface area contributed by atoms with Crippen LogP contribution in [0, 0.1) is 6.92 Å². The van der Waals surface area contributed by atoms with E-state index in [1.807, 2.05) is 13.8 Å². The maximum Gasteiger partial charge on any atom is 0.339 e. The molecule has 9 nitrogen and oxygen atoms in total. The summed E-state index contributed by atoms with van der Waals surface area (Å²) in [6, 6.07) is 7.48. The molecule has 0 radical (unpaired) electrons. The van der Waals surface area contributed by atoms with Gasteiger partial charge in [0.05, 0.1) is 35.5 Å². The van der Waals surface area contributed by atoms with E-state index in [2.05, 4.69) is 4.72 Å². The molecule has 2 aromatic rings. The number of morpholine rings is 1. The highest BCUT2D eigenvalue weighted by Crippen LogP contribution is 2.19. The van der Waals surface area contributed by atoms with Gasteiger partial charge in [-0.2, -0.15) is 0 Å². The SMILES string of the molecule is Cc1ccc(S(=O)(=O)NCc2ccco2)cc1C(=O)OC(C)C(=O)N1CC(C)OC(C)C1. The molecule has 0 saturated carbocycles. The highest BCUT2D eigenvalue weighted by atomic mass is 32.2. The number of nitrogens with one attached hydrogen (secondary N) is 1. The Bertz CT molecular complexity index is 1060. The molecule has 3 unspecified atom stereocenters. The molecule has 1 aliphatic rings. The summed E-state index contributed by atoms with van der Waals surface area (Å²) in [6.45, 7) is 7.74. The first-order valence-electron chi connectivity index (χ1n) is 10.3. The summed E-state index contributed by atoms with van der Waals surface area (Å²) in [4.78, 5) is 27.0. The van der Waals surface area contributed by atoms with Gasteiger partial charge in [0.15, 0.2) is 6.10 Å². The lowest BCUT2D eigenvalue weighted by Gasteiger charge is -2.36. The Labute approximate surface area is 187 Å². The minimum atomic E-state index is -3.89. The van der Waals surface area contributed by atoms with E-state index in [9.17, 15) is 18.0 Å². The van der Waals surface area contributed by atoms with Crippen molar-refractivity contribution in [2.45, 2.75) is 57.4 Å². The first kappa shape index (κ1) is 24.0. The van der Waals surface area contributed by atoms with Crippen LogP contribution in [0.5, 0.6) is 0 Å². The maximum atomic E-state index is 12.8. The predicted molar refractivity (Wildman–Crippen MR) is 115 cm³/mol. The molecule has 0 spiro atoms. The molecule has 1 amide bonds. The predicted octanol–water partition coefficient (Wildman–Crippen LogP) is 2.25. The standard InChI is InChI=1S/C22H28N2O7S/c1-14-7-8-19(32(27,28)23-11-18-6-5-9-29-18)10-20(14)22(26)31-17(4)21(25)24-12-15(2)30-16(3)13-24/h5-10,15-17,23H,11-13H2,1-4H3. The Hall–Kier alpha value is -2.69. The van der Waals surface area contributed by atoms with E-state index in [0.717, 1.165) is 0 Å². The molecule has 1 N–H and O–H groups in total. The van der Waals surface area contributed by atoms with Gasteiger partial charge >= 0.3 is 5.97 Å². The van der Waals surface area contributed by atoms with Crippen LogP contribution in [0.2, 0.25) is 0 Å². The fourth-order valence-electron chi connectivity index (χ4n) is 3.54. The first-order chi connectivity index (χ1) is 15.1. The summed E-state index contributed by atoms with van der Waals surface area (Å²) in [7, 11) is -3.89.